The van der Waals surface area contributed by atoms with E-state index in [4.69, 9.17) is 20.5 Å². The summed E-state index contributed by atoms with van der Waals surface area (Å²) in [5, 5.41) is 0.412. The predicted molar refractivity (Wildman–Crippen MR) is 77.6 cm³/mol. The van der Waals surface area contributed by atoms with Gasteiger partial charge in [0, 0.05) is 10.6 Å². The molecule has 110 valence electrons. The van der Waals surface area contributed by atoms with Gasteiger partial charge in [-0.15, -0.1) is 0 Å². The van der Waals surface area contributed by atoms with Gasteiger partial charge in [0.2, 0.25) is 0 Å². The summed E-state index contributed by atoms with van der Waals surface area (Å²) in [6.07, 6.45) is 0.585. The molecule has 0 N–H and O–H groups in total. The molecule has 0 heterocycles. The Morgan fingerprint density at radius 1 is 1.05 bits per heavy atom. The van der Waals surface area contributed by atoms with E-state index in [0.29, 0.717) is 11.3 Å². The molecule has 0 amide bonds. The number of carbonyl (C=O) groups is 1. The van der Waals surface area contributed by atoms with Crippen molar-refractivity contribution in [2.75, 3.05) is 7.11 Å². The van der Waals surface area contributed by atoms with Gasteiger partial charge in [-0.1, -0.05) is 11.6 Å². The molecule has 0 aliphatic rings. The summed E-state index contributed by atoms with van der Waals surface area (Å²) in [7, 11) is -2.67. The number of rotatable bonds is 5. The van der Waals surface area contributed by atoms with E-state index in [0.717, 1.165) is 0 Å². The second-order valence-electron chi connectivity index (χ2n) is 4.02. The Labute approximate surface area is 127 Å². The maximum absolute atomic E-state index is 12.2. The quantitative estimate of drug-likeness (QED) is 0.624. The van der Waals surface area contributed by atoms with E-state index < -0.39 is 10.1 Å². The lowest BCUT2D eigenvalue weighted by Crippen LogP contribution is -2.10. The predicted octanol–water partition coefficient (Wildman–Crippen LogP) is 2.93. The van der Waals surface area contributed by atoms with Gasteiger partial charge < -0.3 is 8.92 Å². The molecule has 0 saturated heterocycles. The minimum Gasteiger partial charge on any atom is -0.493 e. The number of hydrogen-bond donors (Lipinski definition) is 0. The molecule has 0 aromatic heterocycles. The van der Waals surface area contributed by atoms with Gasteiger partial charge in [-0.2, -0.15) is 8.42 Å². The first kappa shape index (κ1) is 15.3. The zero-order valence-corrected chi connectivity index (χ0v) is 12.5. The maximum atomic E-state index is 12.2. The van der Waals surface area contributed by atoms with E-state index in [1.165, 1.54) is 49.6 Å². The van der Waals surface area contributed by atoms with Crippen molar-refractivity contribution in [2.45, 2.75) is 4.90 Å². The molecule has 0 aliphatic carbocycles. The van der Waals surface area contributed by atoms with E-state index >= 15 is 0 Å². The Hall–Kier alpha value is -2.05. The Morgan fingerprint density at radius 2 is 1.71 bits per heavy atom. The Bertz CT molecular complexity index is 753. The first-order valence-corrected chi connectivity index (χ1v) is 7.58. The van der Waals surface area contributed by atoms with Crippen molar-refractivity contribution < 1.29 is 22.1 Å². The van der Waals surface area contributed by atoms with Crippen molar-refractivity contribution in [3.8, 4) is 11.5 Å². The first-order valence-electron chi connectivity index (χ1n) is 5.79. The number of benzene rings is 2. The second-order valence-corrected chi connectivity index (χ2v) is 6.00. The van der Waals surface area contributed by atoms with Gasteiger partial charge in [-0.25, -0.2) is 0 Å². The third-order valence-corrected chi connectivity index (χ3v) is 4.13. The second kappa shape index (κ2) is 6.15. The summed E-state index contributed by atoms with van der Waals surface area (Å²) in [6.45, 7) is 0. The van der Waals surface area contributed by atoms with Gasteiger partial charge in [0.1, 0.15) is 11.2 Å². The fourth-order valence-electron chi connectivity index (χ4n) is 1.60. The molecular formula is C14H11ClO5S. The van der Waals surface area contributed by atoms with Crippen LogP contribution in [0.4, 0.5) is 0 Å². The van der Waals surface area contributed by atoms with Gasteiger partial charge in [0.15, 0.2) is 11.5 Å². The van der Waals surface area contributed by atoms with Gasteiger partial charge in [-0.3, -0.25) is 4.79 Å². The minimum atomic E-state index is -4.04. The number of methoxy groups -OCH3 is 1. The van der Waals surface area contributed by atoms with Crippen molar-refractivity contribution in [3.05, 3.63) is 53.1 Å². The smallest absolute Gasteiger partial charge is 0.339 e. The average Bonchev–Trinajstić information content (AvgIpc) is 2.47. The Morgan fingerprint density at radius 3 is 2.29 bits per heavy atom. The van der Waals surface area contributed by atoms with Crippen LogP contribution in [0.3, 0.4) is 0 Å². The highest BCUT2D eigenvalue weighted by molar-refractivity contribution is 7.87. The van der Waals surface area contributed by atoms with E-state index in [1.54, 1.807) is 0 Å². The van der Waals surface area contributed by atoms with Gasteiger partial charge >= 0.3 is 10.1 Å². The number of ether oxygens (including phenoxy) is 1. The van der Waals surface area contributed by atoms with E-state index in [2.05, 4.69) is 0 Å². The molecule has 0 unspecified atom stereocenters. The normalized spacial score (nSPS) is 11.0. The Kier molecular flexibility index (Phi) is 4.50. The third-order valence-electron chi connectivity index (χ3n) is 2.63. The van der Waals surface area contributed by atoms with Crippen LogP contribution in [-0.4, -0.2) is 21.8 Å². The van der Waals surface area contributed by atoms with Crippen molar-refractivity contribution in [2.24, 2.45) is 0 Å². The van der Waals surface area contributed by atoms with Crippen LogP contribution in [0, 0.1) is 0 Å². The van der Waals surface area contributed by atoms with Crippen LogP contribution in [0.5, 0.6) is 11.5 Å². The van der Waals surface area contributed by atoms with Crippen LogP contribution in [0.25, 0.3) is 0 Å². The summed E-state index contributed by atoms with van der Waals surface area (Å²) in [5.74, 6) is 0.148. The van der Waals surface area contributed by atoms with Gasteiger partial charge in [0.25, 0.3) is 0 Å². The number of aldehydes is 1. The minimum absolute atomic E-state index is 0.0505. The SMILES string of the molecule is COc1ccc(C=O)cc1OS(=O)(=O)c1ccc(Cl)cc1. The maximum Gasteiger partial charge on any atom is 0.339 e. The zero-order valence-electron chi connectivity index (χ0n) is 10.9. The van der Waals surface area contributed by atoms with Crippen LogP contribution < -0.4 is 8.92 Å². The molecule has 0 fully saturated rings. The largest absolute Gasteiger partial charge is 0.493 e. The monoisotopic (exact) mass is 326 g/mol. The summed E-state index contributed by atoms with van der Waals surface area (Å²) in [4.78, 5) is 10.7. The van der Waals surface area contributed by atoms with Crippen LogP contribution in [-0.2, 0) is 10.1 Å². The molecule has 2 aromatic rings. The molecule has 21 heavy (non-hydrogen) atoms. The van der Waals surface area contributed by atoms with E-state index in [-0.39, 0.29) is 22.0 Å². The van der Waals surface area contributed by atoms with E-state index in [9.17, 15) is 13.2 Å². The fourth-order valence-corrected chi connectivity index (χ4v) is 2.66. The van der Waals surface area contributed by atoms with Crippen molar-refractivity contribution >= 4 is 28.0 Å². The molecule has 0 aliphatic heterocycles. The molecular weight excluding hydrogens is 316 g/mol. The molecule has 0 atom stereocenters. The van der Waals surface area contributed by atoms with Gasteiger partial charge in [-0.05, 0) is 42.5 Å². The van der Waals surface area contributed by atoms with Crippen LogP contribution in [0.1, 0.15) is 10.4 Å². The highest BCUT2D eigenvalue weighted by Crippen LogP contribution is 2.30. The summed E-state index contributed by atoms with van der Waals surface area (Å²) >= 11 is 5.71. The molecule has 5 nitrogen and oxygen atoms in total. The van der Waals surface area contributed by atoms with Gasteiger partial charge in [0.05, 0.1) is 7.11 Å². The number of hydrogen-bond acceptors (Lipinski definition) is 5. The fraction of sp³-hybridized carbons (Fsp3) is 0.0714. The number of carbonyl (C=O) groups excluding carboxylic acids is 1. The standard InChI is InChI=1S/C14H11ClO5S/c1-19-13-7-2-10(9-16)8-14(13)20-21(17,18)12-5-3-11(15)4-6-12/h2-9H,1H3. The molecule has 0 bridgehead atoms. The highest BCUT2D eigenvalue weighted by Gasteiger charge is 2.19. The highest BCUT2D eigenvalue weighted by atomic mass is 35.5. The summed E-state index contributed by atoms with van der Waals surface area (Å²) < 4.78 is 34.4. The molecule has 0 radical (unpaired) electrons. The molecule has 0 spiro atoms. The molecule has 0 saturated carbocycles. The average molecular weight is 327 g/mol. The Balaban J connectivity index is 2.40. The van der Waals surface area contributed by atoms with Crippen LogP contribution in [0.15, 0.2) is 47.4 Å². The molecule has 7 heteroatoms. The van der Waals surface area contributed by atoms with Crippen molar-refractivity contribution in [1.29, 1.82) is 0 Å². The topological polar surface area (TPSA) is 69.7 Å². The zero-order chi connectivity index (χ0) is 15.5. The van der Waals surface area contributed by atoms with Crippen LogP contribution in [0.2, 0.25) is 5.02 Å². The lowest BCUT2D eigenvalue weighted by molar-refractivity contribution is 0.112. The lowest BCUT2D eigenvalue weighted by atomic mass is 10.2. The van der Waals surface area contributed by atoms with Crippen molar-refractivity contribution in [3.63, 3.8) is 0 Å². The van der Waals surface area contributed by atoms with Crippen LogP contribution >= 0.6 is 11.6 Å². The van der Waals surface area contributed by atoms with Crippen molar-refractivity contribution in [1.82, 2.24) is 0 Å². The summed E-state index contributed by atoms with van der Waals surface area (Å²) in [6, 6.07) is 9.78. The molecule has 2 rings (SSSR count). The summed E-state index contributed by atoms with van der Waals surface area (Å²) in [5.41, 5.74) is 0.275. The first-order chi connectivity index (χ1) is 9.96. The molecule has 2 aromatic carbocycles. The number of halogens is 1. The lowest BCUT2D eigenvalue weighted by Gasteiger charge is -2.11. The third kappa shape index (κ3) is 3.53. The van der Waals surface area contributed by atoms with E-state index in [1.807, 2.05) is 0 Å².